The van der Waals surface area contributed by atoms with Gasteiger partial charge in [-0.3, -0.25) is 10.1 Å². The van der Waals surface area contributed by atoms with Crippen LogP contribution in [0.15, 0.2) is 6.07 Å². The molecule has 0 radical (unpaired) electrons. The van der Waals surface area contributed by atoms with Crippen molar-refractivity contribution in [3.05, 3.63) is 21.7 Å². The van der Waals surface area contributed by atoms with Gasteiger partial charge in [0, 0.05) is 20.1 Å². The Kier molecular flexibility index (Phi) is 4.34. The number of halogens is 3. The summed E-state index contributed by atoms with van der Waals surface area (Å²) in [6.45, 7) is 3.53. The Labute approximate surface area is 135 Å². The number of anilines is 1. The number of hydrogen-bond donors (Lipinski definition) is 0. The van der Waals surface area contributed by atoms with Gasteiger partial charge in [0.1, 0.15) is 5.56 Å². The summed E-state index contributed by atoms with van der Waals surface area (Å²) in [5.74, 6) is -0.489. The number of benzene rings is 1. The average Bonchev–Trinajstić information content (AvgIpc) is 2.83. The zero-order valence-electron chi connectivity index (χ0n) is 13.8. The molecule has 0 aliphatic rings. The second-order valence-electron chi connectivity index (χ2n) is 5.70. The van der Waals surface area contributed by atoms with Crippen molar-refractivity contribution in [1.82, 2.24) is 9.55 Å². The molecule has 0 aliphatic carbocycles. The molecule has 0 saturated carbocycles. The Morgan fingerprint density at radius 3 is 2.33 bits per heavy atom. The van der Waals surface area contributed by atoms with Crippen LogP contribution in [-0.4, -0.2) is 35.7 Å². The number of hydrogen-bond acceptors (Lipinski definition) is 5. The molecule has 132 valence electrons. The normalized spacial score (nSPS) is 12.0. The van der Waals surface area contributed by atoms with E-state index < -0.39 is 28.1 Å². The average molecular weight is 346 g/mol. The van der Waals surface area contributed by atoms with Gasteiger partial charge in [0.25, 0.3) is 0 Å². The van der Waals surface area contributed by atoms with Crippen molar-refractivity contribution in [2.75, 3.05) is 26.1 Å². The van der Waals surface area contributed by atoms with Crippen LogP contribution < -0.4 is 9.64 Å². The Hall–Kier alpha value is -2.52. The smallest absolute Gasteiger partial charge is 0.420 e. The molecule has 10 heteroatoms. The molecule has 1 aromatic carbocycles. The summed E-state index contributed by atoms with van der Waals surface area (Å²) in [4.78, 5) is 16.4. The lowest BCUT2D eigenvalue weighted by Crippen LogP contribution is -2.17. The summed E-state index contributed by atoms with van der Waals surface area (Å²) in [5, 5.41) is 11.5. The second kappa shape index (κ2) is 5.84. The maximum atomic E-state index is 13.3. The van der Waals surface area contributed by atoms with Crippen molar-refractivity contribution in [2.24, 2.45) is 0 Å². The molecule has 1 aromatic heterocycles. The van der Waals surface area contributed by atoms with E-state index in [1.807, 2.05) is 0 Å². The van der Waals surface area contributed by atoms with Crippen LogP contribution in [0.5, 0.6) is 5.75 Å². The highest BCUT2D eigenvalue weighted by atomic mass is 19.4. The van der Waals surface area contributed by atoms with Crippen molar-refractivity contribution in [1.29, 1.82) is 0 Å². The van der Waals surface area contributed by atoms with Gasteiger partial charge in [-0.05, 0) is 19.9 Å². The molecular weight excluding hydrogens is 329 g/mol. The van der Waals surface area contributed by atoms with E-state index in [0.717, 1.165) is 13.2 Å². The number of alkyl halides is 3. The fourth-order valence-electron chi connectivity index (χ4n) is 2.60. The quantitative estimate of drug-likeness (QED) is 0.624. The lowest BCUT2D eigenvalue weighted by Gasteiger charge is -2.18. The van der Waals surface area contributed by atoms with E-state index in [4.69, 9.17) is 4.74 Å². The van der Waals surface area contributed by atoms with Gasteiger partial charge in [0.15, 0.2) is 5.52 Å². The molecule has 1 heterocycles. The molecule has 0 bridgehead atoms. The minimum atomic E-state index is -4.80. The van der Waals surface area contributed by atoms with Crippen LogP contribution in [0.4, 0.5) is 24.8 Å². The predicted molar refractivity (Wildman–Crippen MR) is 82.7 cm³/mol. The maximum absolute atomic E-state index is 13.3. The largest absolute Gasteiger partial charge is 0.490 e. The summed E-state index contributed by atoms with van der Waals surface area (Å²) in [6, 6.07) is 0.528. The molecule has 0 unspecified atom stereocenters. The second-order valence-corrected chi connectivity index (χ2v) is 5.70. The highest BCUT2D eigenvalue weighted by Crippen LogP contribution is 2.46. The lowest BCUT2D eigenvalue weighted by atomic mass is 10.1. The first-order valence-corrected chi connectivity index (χ1v) is 7.02. The van der Waals surface area contributed by atoms with Crippen LogP contribution >= 0.6 is 0 Å². The predicted octanol–water partition coefficient (Wildman–Crippen LogP) is 3.62. The standard InChI is InChI=1S/C14H17F3N4O3/c1-7(2)20-10-9(18-13(20)19(3)4)6-8(14(15,16)17)12(24-5)11(10)21(22)23/h6-7H,1-5H3. The number of nitrogens with zero attached hydrogens (tertiary/aromatic N) is 4. The van der Waals surface area contributed by atoms with Crippen LogP contribution in [0.25, 0.3) is 11.0 Å². The van der Waals surface area contributed by atoms with E-state index in [-0.39, 0.29) is 17.1 Å². The first kappa shape index (κ1) is 17.8. The third-order valence-electron chi connectivity index (χ3n) is 3.49. The molecule has 0 N–H and O–H groups in total. The van der Waals surface area contributed by atoms with E-state index in [0.29, 0.717) is 5.95 Å². The molecular formula is C14H17F3N4O3. The van der Waals surface area contributed by atoms with Gasteiger partial charge in [-0.15, -0.1) is 0 Å². The fourth-order valence-corrected chi connectivity index (χ4v) is 2.60. The molecule has 24 heavy (non-hydrogen) atoms. The number of imidazole rings is 1. The summed E-state index contributed by atoms with van der Waals surface area (Å²) in [7, 11) is 4.30. The van der Waals surface area contributed by atoms with Gasteiger partial charge in [-0.1, -0.05) is 0 Å². The first-order chi connectivity index (χ1) is 11.0. The number of rotatable bonds is 4. The van der Waals surface area contributed by atoms with Crippen molar-refractivity contribution in [3.63, 3.8) is 0 Å². The lowest BCUT2D eigenvalue weighted by molar-refractivity contribution is -0.384. The Bertz CT molecular complexity index is 797. The maximum Gasteiger partial charge on any atom is 0.420 e. The third-order valence-corrected chi connectivity index (χ3v) is 3.49. The number of nitro benzene ring substituents is 1. The topological polar surface area (TPSA) is 73.4 Å². The van der Waals surface area contributed by atoms with Crippen LogP contribution in [0.3, 0.4) is 0 Å². The molecule has 7 nitrogen and oxygen atoms in total. The van der Waals surface area contributed by atoms with E-state index in [9.17, 15) is 23.3 Å². The molecule has 2 aromatic rings. The third kappa shape index (κ3) is 2.72. The van der Waals surface area contributed by atoms with Gasteiger partial charge in [0.2, 0.25) is 11.7 Å². The molecule has 0 spiro atoms. The highest BCUT2D eigenvalue weighted by molar-refractivity contribution is 5.92. The Balaban J connectivity index is 3.08. The van der Waals surface area contributed by atoms with Crippen LogP contribution in [0.1, 0.15) is 25.5 Å². The molecule has 0 aliphatic heterocycles. The van der Waals surface area contributed by atoms with Crippen LogP contribution in [0, 0.1) is 10.1 Å². The molecule has 0 atom stereocenters. The van der Waals surface area contributed by atoms with Gasteiger partial charge in [-0.2, -0.15) is 13.2 Å². The van der Waals surface area contributed by atoms with Crippen molar-refractivity contribution in [3.8, 4) is 5.75 Å². The summed E-state index contributed by atoms with van der Waals surface area (Å²) >= 11 is 0. The monoisotopic (exact) mass is 346 g/mol. The summed E-state index contributed by atoms with van der Waals surface area (Å²) in [5.41, 5.74) is -2.06. The minimum absolute atomic E-state index is 0.00329. The number of aromatic nitrogens is 2. The molecule has 0 saturated heterocycles. The molecule has 0 amide bonds. The van der Waals surface area contributed by atoms with Gasteiger partial charge < -0.3 is 14.2 Å². The number of ether oxygens (including phenoxy) is 1. The first-order valence-electron chi connectivity index (χ1n) is 7.02. The zero-order valence-corrected chi connectivity index (χ0v) is 13.8. The van der Waals surface area contributed by atoms with Gasteiger partial charge >= 0.3 is 11.9 Å². The zero-order chi connectivity index (χ0) is 18.4. The Morgan fingerprint density at radius 1 is 1.38 bits per heavy atom. The van der Waals surface area contributed by atoms with Crippen molar-refractivity contribution in [2.45, 2.75) is 26.1 Å². The SMILES string of the molecule is COc1c(C(F)(F)F)cc2nc(N(C)C)n(C(C)C)c2c1[N+](=O)[O-]. The molecule has 0 fully saturated rings. The number of methoxy groups -OCH3 is 1. The van der Waals surface area contributed by atoms with Crippen LogP contribution in [-0.2, 0) is 6.18 Å². The highest BCUT2D eigenvalue weighted by Gasteiger charge is 2.41. The summed E-state index contributed by atoms with van der Waals surface area (Å²) in [6.07, 6.45) is -4.80. The fraction of sp³-hybridized carbons (Fsp3) is 0.500. The molecule has 2 rings (SSSR count). The van der Waals surface area contributed by atoms with E-state index in [2.05, 4.69) is 4.98 Å². The van der Waals surface area contributed by atoms with E-state index in [1.54, 1.807) is 32.8 Å². The number of fused-ring (bicyclic) bond motifs is 1. The summed E-state index contributed by atoms with van der Waals surface area (Å²) < 4.78 is 46.1. The van der Waals surface area contributed by atoms with E-state index in [1.165, 1.54) is 4.57 Å². The van der Waals surface area contributed by atoms with Gasteiger partial charge in [-0.25, -0.2) is 4.98 Å². The van der Waals surface area contributed by atoms with Crippen molar-refractivity contribution >= 4 is 22.7 Å². The van der Waals surface area contributed by atoms with Crippen LogP contribution in [0.2, 0.25) is 0 Å². The van der Waals surface area contributed by atoms with E-state index >= 15 is 0 Å². The van der Waals surface area contributed by atoms with Crippen molar-refractivity contribution < 1.29 is 22.8 Å². The minimum Gasteiger partial charge on any atom is -0.490 e. The number of nitro groups is 1. The Morgan fingerprint density at radius 2 is 1.96 bits per heavy atom. The van der Waals surface area contributed by atoms with Gasteiger partial charge in [0.05, 0.1) is 17.5 Å².